The standard InChI is InChI=1S/C21H26ClN3OS2/c1-5-24(6-2)11-12-25(18(26)13-16-9-10-17(22)27-16)21-23-19-14(3)7-8-15(4)20(19)28-21/h7-10H,5-6,11-13H2,1-4H3. The lowest BCUT2D eigenvalue weighted by Gasteiger charge is -2.24. The number of likely N-dealkylation sites (N-methyl/N-ethyl adjacent to an activating group) is 1. The predicted molar refractivity (Wildman–Crippen MR) is 122 cm³/mol. The first-order valence-corrected chi connectivity index (χ1v) is 11.6. The molecule has 7 heteroatoms. The quantitative estimate of drug-likeness (QED) is 0.465. The van der Waals surface area contributed by atoms with Gasteiger partial charge in [0.15, 0.2) is 5.13 Å². The number of thiophene rings is 1. The van der Waals surface area contributed by atoms with Crippen LogP contribution in [0.2, 0.25) is 4.34 Å². The number of hydrogen-bond acceptors (Lipinski definition) is 5. The lowest BCUT2D eigenvalue weighted by molar-refractivity contribution is -0.118. The van der Waals surface area contributed by atoms with Gasteiger partial charge in [0, 0.05) is 18.0 Å². The number of carbonyl (C=O) groups is 1. The van der Waals surface area contributed by atoms with E-state index in [0.29, 0.717) is 17.3 Å². The zero-order valence-corrected chi connectivity index (χ0v) is 19.2. The third-order valence-electron chi connectivity index (χ3n) is 4.95. The molecule has 4 nitrogen and oxygen atoms in total. The van der Waals surface area contributed by atoms with Crippen LogP contribution in [0.4, 0.5) is 5.13 Å². The topological polar surface area (TPSA) is 36.4 Å². The maximum Gasteiger partial charge on any atom is 0.234 e. The summed E-state index contributed by atoms with van der Waals surface area (Å²) >= 11 is 9.12. The minimum Gasteiger partial charge on any atom is -0.302 e. The van der Waals surface area contributed by atoms with Crippen molar-refractivity contribution >= 4 is 55.5 Å². The molecule has 0 saturated heterocycles. The fourth-order valence-corrected chi connectivity index (χ4v) is 5.40. The predicted octanol–water partition coefficient (Wildman–Crippen LogP) is 5.55. The molecule has 0 aliphatic heterocycles. The Hall–Kier alpha value is -1.47. The van der Waals surface area contributed by atoms with Crippen molar-refractivity contribution in [2.75, 3.05) is 31.1 Å². The Kier molecular flexibility index (Phi) is 7.10. The van der Waals surface area contributed by atoms with Crippen molar-refractivity contribution in [3.63, 3.8) is 0 Å². The van der Waals surface area contributed by atoms with Gasteiger partial charge in [-0.1, -0.05) is 48.9 Å². The van der Waals surface area contributed by atoms with Crippen LogP contribution in [0.1, 0.15) is 29.9 Å². The lowest BCUT2D eigenvalue weighted by Crippen LogP contribution is -2.39. The van der Waals surface area contributed by atoms with Gasteiger partial charge in [-0.05, 0) is 50.2 Å². The Balaban J connectivity index is 1.92. The molecule has 0 fully saturated rings. The number of fused-ring (bicyclic) bond motifs is 1. The number of rotatable bonds is 8. The number of hydrogen-bond donors (Lipinski definition) is 0. The number of nitrogens with zero attached hydrogens (tertiary/aromatic N) is 3. The van der Waals surface area contributed by atoms with Crippen molar-refractivity contribution in [3.05, 3.63) is 44.6 Å². The second-order valence-electron chi connectivity index (χ2n) is 6.83. The van der Waals surface area contributed by atoms with E-state index in [1.54, 1.807) is 11.3 Å². The summed E-state index contributed by atoms with van der Waals surface area (Å²) in [6.45, 7) is 11.9. The van der Waals surface area contributed by atoms with Crippen LogP contribution in [0.25, 0.3) is 10.2 Å². The Morgan fingerprint density at radius 1 is 1.04 bits per heavy atom. The van der Waals surface area contributed by atoms with Gasteiger partial charge < -0.3 is 4.90 Å². The van der Waals surface area contributed by atoms with Crippen molar-refractivity contribution in [2.45, 2.75) is 34.1 Å². The number of anilines is 1. The zero-order chi connectivity index (χ0) is 20.3. The maximum absolute atomic E-state index is 13.2. The van der Waals surface area contributed by atoms with Gasteiger partial charge in [-0.15, -0.1) is 11.3 Å². The molecule has 0 aliphatic carbocycles. The van der Waals surface area contributed by atoms with E-state index in [2.05, 4.69) is 44.7 Å². The molecular formula is C21H26ClN3OS2. The van der Waals surface area contributed by atoms with Crippen molar-refractivity contribution in [1.82, 2.24) is 9.88 Å². The molecule has 1 aromatic carbocycles. The molecule has 2 aromatic heterocycles. The Bertz CT molecular complexity index is 923. The Morgan fingerprint density at radius 3 is 2.36 bits per heavy atom. The summed E-state index contributed by atoms with van der Waals surface area (Å²) < 4.78 is 1.87. The molecule has 150 valence electrons. The van der Waals surface area contributed by atoms with Crippen LogP contribution in [0.15, 0.2) is 24.3 Å². The normalized spacial score (nSPS) is 11.5. The van der Waals surface area contributed by atoms with Crippen LogP contribution in [-0.2, 0) is 11.2 Å². The second-order valence-corrected chi connectivity index (χ2v) is 9.61. The van der Waals surface area contributed by atoms with Gasteiger partial charge in [-0.2, -0.15) is 0 Å². The number of carbonyl (C=O) groups excluding carboxylic acids is 1. The van der Waals surface area contributed by atoms with Crippen LogP contribution in [0.3, 0.4) is 0 Å². The molecule has 3 aromatic rings. The molecule has 0 atom stereocenters. The van der Waals surface area contributed by atoms with E-state index in [-0.39, 0.29) is 5.91 Å². The van der Waals surface area contributed by atoms with E-state index in [4.69, 9.17) is 16.6 Å². The van der Waals surface area contributed by atoms with E-state index in [1.807, 2.05) is 17.0 Å². The smallest absolute Gasteiger partial charge is 0.234 e. The molecule has 3 rings (SSSR count). The summed E-state index contributed by atoms with van der Waals surface area (Å²) in [4.78, 5) is 23.2. The fourth-order valence-electron chi connectivity index (χ4n) is 3.16. The highest BCUT2D eigenvalue weighted by atomic mass is 35.5. The average molecular weight is 436 g/mol. The van der Waals surface area contributed by atoms with Gasteiger partial charge in [0.1, 0.15) is 0 Å². The molecule has 0 N–H and O–H groups in total. The summed E-state index contributed by atoms with van der Waals surface area (Å²) in [5, 5.41) is 0.784. The first kappa shape index (κ1) is 21.2. The number of benzene rings is 1. The number of aromatic nitrogens is 1. The van der Waals surface area contributed by atoms with Gasteiger partial charge in [-0.3, -0.25) is 9.69 Å². The van der Waals surface area contributed by atoms with E-state index < -0.39 is 0 Å². The van der Waals surface area contributed by atoms with E-state index in [1.165, 1.54) is 16.9 Å². The summed E-state index contributed by atoms with van der Waals surface area (Å²) in [6.07, 6.45) is 0.351. The molecule has 0 unspecified atom stereocenters. The largest absolute Gasteiger partial charge is 0.302 e. The molecule has 0 saturated carbocycles. The van der Waals surface area contributed by atoms with Crippen molar-refractivity contribution in [2.24, 2.45) is 0 Å². The molecule has 28 heavy (non-hydrogen) atoms. The van der Waals surface area contributed by atoms with E-state index in [9.17, 15) is 4.79 Å². The van der Waals surface area contributed by atoms with Gasteiger partial charge >= 0.3 is 0 Å². The molecule has 1 amide bonds. The molecular weight excluding hydrogens is 410 g/mol. The fraction of sp³-hybridized carbons (Fsp3) is 0.429. The molecule has 2 heterocycles. The highest BCUT2D eigenvalue weighted by Crippen LogP contribution is 2.33. The minimum atomic E-state index is 0.0695. The maximum atomic E-state index is 13.2. The van der Waals surface area contributed by atoms with Gasteiger partial charge in [0.2, 0.25) is 5.91 Å². The van der Waals surface area contributed by atoms with Crippen molar-refractivity contribution < 1.29 is 4.79 Å². The highest BCUT2D eigenvalue weighted by Gasteiger charge is 2.22. The third kappa shape index (κ3) is 4.74. The number of halogens is 1. The van der Waals surface area contributed by atoms with Crippen LogP contribution in [0, 0.1) is 13.8 Å². The summed E-state index contributed by atoms with van der Waals surface area (Å²) in [6, 6.07) is 7.99. The van der Waals surface area contributed by atoms with E-state index >= 15 is 0 Å². The minimum absolute atomic E-state index is 0.0695. The van der Waals surface area contributed by atoms with Gasteiger partial charge in [0.05, 0.1) is 21.0 Å². The average Bonchev–Trinajstić information content (AvgIpc) is 3.29. The summed E-state index contributed by atoms with van der Waals surface area (Å²) in [5.74, 6) is 0.0695. The van der Waals surface area contributed by atoms with Crippen molar-refractivity contribution in [1.29, 1.82) is 0 Å². The first-order valence-electron chi connectivity index (χ1n) is 9.56. The monoisotopic (exact) mass is 435 g/mol. The van der Waals surface area contributed by atoms with Crippen LogP contribution >= 0.6 is 34.3 Å². The number of aryl methyl sites for hydroxylation is 2. The number of amides is 1. The second kappa shape index (κ2) is 9.35. The zero-order valence-electron chi connectivity index (χ0n) is 16.8. The third-order valence-corrected chi connectivity index (χ3v) is 7.40. The summed E-state index contributed by atoms with van der Waals surface area (Å²) in [5.41, 5.74) is 3.34. The SMILES string of the molecule is CCN(CC)CCN(C(=O)Cc1ccc(Cl)s1)c1nc2c(C)ccc(C)c2s1. The van der Waals surface area contributed by atoms with Gasteiger partial charge in [-0.25, -0.2) is 4.98 Å². The van der Waals surface area contributed by atoms with Crippen molar-refractivity contribution in [3.8, 4) is 0 Å². The molecule has 0 bridgehead atoms. The Morgan fingerprint density at radius 2 is 1.75 bits per heavy atom. The molecule has 0 spiro atoms. The Labute approximate surface area is 179 Å². The number of thiazole rings is 1. The molecule has 0 radical (unpaired) electrons. The van der Waals surface area contributed by atoms with Crippen LogP contribution in [-0.4, -0.2) is 42.0 Å². The molecule has 0 aliphatic rings. The van der Waals surface area contributed by atoms with E-state index in [0.717, 1.165) is 45.4 Å². The lowest BCUT2D eigenvalue weighted by atomic mass is 10.1. The van der Waals surface area contributed by atoms with Crippen LogP contribution < -0.4 is 4.90 Å². The summed E-state index contributed by atoms with van der Waals surface area (Å²) in [7, 11) is 0. The van der Waals surface area contributed by atoms with Crippen LogP contribution in [0.5, 0.6) is 0 Å². The highest BCUT2D eigenvalue weighted by molar-refractivity contribution is 7.22. The first-order chi connectivity index (χ1) is 13.4. The van der Waals surface area contributed by atoms with Gasteiger partial charge in [0.25, 0.3) is 0 Å².